The Kier molecular flexibility index (Phi) is 5.50. The van der Waals surface area contributed by atoms with Crippen molar-refractivity contribution < 1.29 is 9.90 Å². The van der Waals surface area contributed by atoms with Gasteiger partial charge in [0.2, 0.25) is 0 Å². The van der Waals surface area contributed by atoms with E-state index in [2.05, 4.69) is 23.3 Å². The number of nitrogens with zero attached hydrogens (tertiary/aromatic N) is 1. The molecule has 3 nitrogen and oxygen atoms in total. The predicted molar refractivity (Wildman–Crippen MR) is 99.3 cm³/mol. The van der Waals surface area contributed by atoms with E-state index in [0.717, 1.165) is 24.9 Å². The van der Waals surface area contributed by atoms with Gasteiger partial charge in [0.05, 0.1) is 12.0 Å². The summed E-state index contributed by atoms with van der Waals surface area (Å²) in [7, 11) is 0. The third-order valence-corrected chi connectivity index (χ3v) is 6.11. The van der Waals surface area contributed by atoms with Crippen LogP contribution in [0.25, 0.3) is 0 Å². The van der Waals surface area contributed by atoms with Crippen LogP contribution in [0.3, 0.4) is 0 Å². The second kappa shape index (κ2) is 7.44. The minimum Gasteiger partial charge on any atom is -0.481 e. The van der Waals surface area contributed by atoms with Crippen LogP contribution in [0.1, 0.15) is 34.9 Å². The van der Waals surface area contributed by atoms with Gasteiger partial charge in [-0.1, -0.05) is 29.3 Å². The van der Waals surface area contributed by atoms with Crippen LogP contribution in [0.4, 0.5) is 0 Å². The monoisotopic (exact) mass is 383 g/mol. The Hall–Kier alpha value is -1.07. The van der Waals surface area contributed by atoms with E-state index in [-0.39, 0.29) is 12.0 Å². The van der Waals surface area contributed by atoms with Crippen molar-refractivity contribution in [3.05, 3.63) is 55.7 Å². The molecule has 1 aromatic carbocycles. The molecule has 2 unspecified atom stereocenters. The molecule has 0 radical (unpaired) electrons. The first-order valence-corrected chi connectivity index (χ1v) is 9.56. The van der Waals surface area contributed by atoms with Crippen molar-refractivity contribution in [3.8, 4) is 0 Å². The Morgan fingerprint density at radius 3 is 2.79 bits per heavy atom. The summed E-state index contributed by atoms with van der Waals surface area (Å²) in [6, 6.07) is 7.68. The lowest BCUT2D eigenvalue weighted by atomic mass is 9.94. The number of carboxylic acid groups (broad SMARTS) is 1. The number of aliphatic carboxylic acids is 1. The minimum absolute atomic E-state index is 0.0318. The minimum atomic E-state index is -0.719. The number of carbonyl (C=O) groups is 1. The number of hydrogen-bond donors (Lipinski definition) is 1. The van der Waals surface area contributed by atoms with Gasteiger partial charge in [0.25, 0.3) is 0 Å². The molecule has 0 saturated carbocycles. The van der Waals surface area contributed by atoms with Crippen LogP contribution in [0.5, 0.6) is 0 Å². The Bertz CT molecular complexity index is 746. The van der Waals surface area contributed by atoms with Gasteiger partial charge in [-0.3, -0.25) is 9.69 Å². The molecule has 1 N–H and O–H groups in total. The maximum Gasteiger partial charge on any atom is 0.307 e. The SMILES string of the molecule is Cc1csc(C(c2ccc(Cl)cc2Cl)N2CCCC(C(=O)O)C2)c1. The Morgan fingerprint density at radius 2 is 2.17 bits per heavy atom. The lowest BCUT2D eigenvalue weighted by Gasteiger charge is -2.37. The zero-order valence-corrected chi connectivity index (χ0v) is 15.7. The lowest BCUT2D eigenvalue weighted by Crippen LogP contribution is -2.41. The van der Waals surface area contributed by atoms with Crippen molar-refractivity contribution in [1.29, 1.82) is 0 Å². The van der Waals surface area contributed by atoms with Crippen molar-refractivity contribution in [3.63, 3.8) is 0 Å². The molecule has 2 heterocycles. The molecule has 1 aliphatic rings. The number of aryl methyl sites for hydroxylation is 1. The number of rotatable bonds is 4. The molecule has 0 amide bonds. The van der Waals surface area contributed by atoms with Gasteiger partial charge in [0, 0.05) is 21.5 Å². The van der Waals surface area contributed by atoms with Gasteiger partial charge in [-0.25, -0.2) is 0 Å². The molecule has 0 spiro atoms. The molecule has 0 aliphatic carbocycles. The zero-order valence-electron chi connectivity index (χ0n) is 13.3. The van der Waals surface area contributed by atoms with Gasteiger partial charge >= 0.3 is 5.97 Å². The number of piperidine rings is 1. The highest BCUT2D eigenvalue weighted by atomic mass is 35.5. The molecule has 2 aromatic rings. The number of halogens is 2. The molecule has 1 fully saturated rings. The molecule has 2 atom stereocenters. The van der Waals surface area contributed by atoms with Crippen molar-refractivity contribution in [2.24, 2.45) is 5.92 Å². The van der Waals surface area contributed by atoms with Crippen LogP contribution in [-0.4, -0.2) is 29.1 Å². The molecular weight excluding hydrogens is 365 g/mol. The molecule has 24 heavy (non-hydrogen) atoms. The van der Waals surface area contributed by atoms with Gasteiger partial charge in [-0.2, -0.15) is 0 Å². The molecule has 0 bridgehead atoms. The van der Waals surface area contributed by atoms with Crippen LogP contribution in [0, 0.1) is 12.8 Å². The van der Waals surface area contributed by atoms with Crippen molar-refractivity contribution >= 4 is 40.5 Å². The maximum absolute atomic E-state index is 11.4. The molecule has 1 aromatic heterocycles. The van der Waals surface area contributed by atoms with Crippen LogP contribution >= 0.6 is 34.5 Å². The third-order valence-electron chi connectivity index (χ3n) is 4.44. The van der Waals surface area contributed by atoms with Gasteiger partial charge in [0.15, 0.2) is 0 Å². The summed E-state index contributed by atoms with van der Waals surface area (Å²) < 4.78 is 0. The second-order valence-corrected chi connectivity index (χ2v) is 8.05. The summed E-state index contributed by atoms with van der Waals surface area (Å²) in [6.07, 6.45) is 1.61. The highest BCUT2D eigenvalue weighted by Gasteiger charge is 2.32. The molecule has 1 saturated heterocycles. The maximum atomic E-state index is 11.4. The Morgan fingerprint density at radius 1 is 1.38 bits per heavy atom. The quantitative estimate of drug-likeness (QED) is 0.783. The van der Waals surface area contributed by atoms with Crippen molar-refractivity contribution in [2.75, 3.05) is 13.1 Å². The third kappa shape index (κ3) is 3.77. The molecule has 6 heteroatoms. The summed E-state index contributed by atoms with van der Waals surface area (Å²) in [5.74, 6) is -1.05. The van der Waals surface area contributed by atoms with E-state index in [9.17, 15) is 9.90 Å². The van der Waals surface area contributed by atoms with E-state index in [1.165, 1.54) is 10.4 Å². The fourth-order valence-corrected chi connectivity index (χ4v) is 4.85. The van der Waals surface area contributed by atoms with Crippen LogP contribution in [-0.2, 0) is 4.79 Å². The summed E-state index contributed by atoms with van der Waals surface area (Å²) >= 11 is 14.2. The highest BCUT2D eigenvalue weighted by Crippen LogP contribution is 2.39. The first-order valence-electron chi connectivity index (χ1n) is 7.92. The topological polar surface area (TPSA) is 40.5 Å². The van der Waals surface area contributed by atoms with E-state index in [0.29, 0.717) is 16.6 Å². The molecule has 3 rings (SSSR count). The van der Waals surface area contributed by atoms with Gasteiger partial charge in [-0.15, -0.1) is 11.3 Å². The average molecular weight is 384 g/mol. The summed E-state index contributed by atoms with van der Waals surface area (Å²) in [5.41, 5.74) is 2.19. The molecule has 128 valence electrons. The second-order valence-electron chi connectivity index (χ2n) is 6.27. The van der Waals surface area contributed by atoms with Gasteiger partial charge in [-0.05, 0) is 61.0 Å². The van der Waals surface area contributed by atoms with Gasteiger partial charge in [0.1, 0.15) is 0 Å². The first-order chi connectivity index (χ1) is 11.5. The lowest BCUT2D eigenvalue weighted by molar-refractivity contribution is -0.143. The normalized spacial score (nSPS) is 20.0. The van der Waals surface area contributed by atoms with E-state index >= 15 is 0 Å². The zero-order chi connectivity index (χ0) is 17.3. The van der Waals surface area contributed by atoms with Crippen LogP contribution in [0.15, 0.2) is 29.6 Å². The Labute approximate surface area is 155 Å². The number of thiophene rings is 1. The fourth-order valence-electron chi connectivity index (χ4n) is 3.29. The number of benzene rings is 1. The summed E-state index contributed by atoms with van der Waals surface area (Å²) in [5, 5.41) is 12.7. The Balaban J connectivity index is 2.00. The van der Waals surface area contributed by atoms with Crippen LogP contribution < -0.4 is 0 Å². The highest BCUT2D eigenvalue weighted by molar-refractivity contribution is 7.10. The number of carboxylic acids is 1. The number of hydrogen-bond acceptors (Lipinski definition) is 3. The van der Waals surface area contributed by atoms with Crippen LogP contribution in [0.2, 0.25) is 10.0 Å². The summed E-state index contributed by atoms with van der Waals surface area (Å²) in [6.45, 7) is 3.47. The smallest absolute Gasteiger partial charge is 0.307 e. The fraction of sp³-hybridized carbons (Fsp3) is 0.389. The van der Waals surface area contributed by atoms with Crippen molar-refractivity contribution in [2.45, 2.75) is 25.8 Å². The predicted octanol–water partition coefficient (Wildman–Crippen LogP) is 5.25. The molecule has 1 aliphatic heterocycles. The van der Waals surface area contributed by atoms with E-state index in [1.807, 2.05) is 12.1 Å². The summed E-state index contributed by atoms with van der Waals surface area (Å²) in [4.78, 5) is 14.9. The average Bonchev–Trinajstić information content (AvgIpc) is 2.96. The van der Waals surface area contributed by atoms with E-state index < -0.39 is 5.97 Å². The largest absolute Gasteiger partial charge is 0.481 e. The van der Waals surface area contributed by atoms with Crippen molar-refractivity contribution in [1.82, 2.24) is 4.90 Å². The van der Waals surface area contributed by atoms with E-state index in [4.69, 9.17) is 23.2 Å². The van der Waals surface area contributed by atoms with E-state index in [1.54, 1.807) is 17.4 Å². The van der Waals surface area contributed by atoms with Gasteiger partial charge < -0.3 is 5.11 Å². The number of likely N-dealkylation sites (tertiary alicyclic amines) is 1. The standard InChI is InChI=1S/C18H19Cl2NO2S/c1-11-7-16(24-10-11)17(14-5-4-13(19)8-15(14)20)21-6-2-3-12(9-21)18(22)23/h4-5,7-8,10,12,17H,2-3,6,9H2,1H3,(H,22,23). The molecular formula is C18H19Cl2NO2S. The first kappa shape index (κ1) is 17.7.